The van der Waals surface area contributed by atoms with Crippen molar-refractivity contribution in [2.75, 3.05) is 32.4 Å². The van der Waals surface area contributed by atoms with Crippen molar-refractivity contribution in [3.63, 3.8) is 0 Å². The fraction of sp³-hybridized carbons (Fsp3) is 0.389. The maximum atomic E-state index is 5.82. The normalized spacial score (nSPS) is 15.5. The highest BCUT2D eigenvalue weighted by atomic mass is 15.2. The molecule has 5 nitrogen and oxygen atoms in total. The van der Waals surface area contributed by atoms with Gasteiger partial charge in [0.15, 0.2) is 12.8 Å². The van der Waals surface area contributed by atoms with Crippen LogP contribution in [-0.4, -0.2) is 52.3 Å². The van der Waals surface area contributed by atoms with Crippen LogP contribution in [0.2, 0.25) is 0 Å². The van der Waals surface area contributed by atoms with Crippen LogP contribution in [0.25, 0.3) is 0 Å². The summed E-state index contributed by atoms with van der Waals surface area (Å²) < 4.78 is 2.29. The van der Waals surface area contributed by atoms with E-state index < -0.39 is 0 Å². The molecule has 2 aromatic heterocycles. The zero-order valence-corrected chi connectivity index (χ0v) is 13.9. The fourth-order valence-corrected chi connectivity index (χ4v) is 2.87. The van der Waals surface area contributed by atoms with Gasteiger partial charge in [0.25, 0.3) is 0 Å². The molecular formula is C18H24N5+. The van der Waals surface area contributed by atoms with E-state index in [0.717, 1.165) is 43.7 Å². The highest BCUT2D eigenvalue weighted by molar-refractivity contribution is 5.56. The topological polar surface area (TPSA) is 58.0 Å². The van der Waals surface area contributed by atoms with Gasteiger partial charge >= 0.3 is 0 Å². The molecule has 2 aromatic rings. The van der Waals surface area contributed by atoms with Crippen molar-refractivity contribution >= 4 is 17.7 Å². The molecule has 0 radical (unpaired) electrons. The summed E-state index contributed by atoms with van der Waals surface area (Å²) in [5, 5.41) is 0. The fourth-order valence-electron chi connectivity index (χ4n) is 2.87. The second-order valence-corrected chi connectivity index (χ2v) is 6.25. The van der Waals surface area contributed by atoms with Gasteiger partial charge in [-0.25, -0.2) is 4.98 Å². The van der Waals surface area contributed by atoms with Crippen molar-refractivity contribution in [2.24, 2.45) is 0 Å². The monoisotopic (exact) mass is 310 g/mol. The number of pyridine rings is 2. The highest BCUT2D eigenvalue weighted by Crippen LogP contribution is 2.15. The average Bonchev–Trinajstić information content (AvgIpc) is 2.53. The lowest BCUT2D eigenvalue weighted by Crippen LogP contribution is -2.35. The van der Waals surface area contributed by atoms with E-state index in [1.54, 1.807) is 0 Å². The molecule has 0 atom stereocenters. The summed E-state index contributed by atoms with van der Waals surface area (Å²) in [6, 6.07) is 6.23. The lowest BCUT2D eigenvalue weighted by atomic mass is 10.1. The predicted molar refractivity (Wildman–Crippen MR) is 93.4 cm³/mol. The number of aromatic nitrogens is 2. The molecule has 5 heteroatoms. The van der Waals surface area contributed by atoms with E-state index in [4.69, 9.17) is 5.73 Å². The Kier molecular flexibility index (Phi) is 4.67. The van der Waals surface area contributed by atoms with Gasteiger partial charge in [0, 0.05) is 18.0 Å². The van der Waals surface area contributed by atoms with Gasteiger partial charge in [-0.05, 0) is 50.1 Å². The number of nitrogen functional groups attached to an aromatic ring is 1. The van der Waals surface area contributed by atoms with Crippen molar-refractivity contribution in [1.82, 2.24) is 14.9 Å². The molecule has 0 amide bonds. The van der Waals surface area contributed by atoms with Gasteiger partial charge in [-0.15, -0.1) is 0 Å². The Morgan fingerprint density at radius 2 is 2.09 bits per heavy atom. The number of hydrogen-bond donors (Lipinski definition) is 1. The van der Waals surface area contributed by atoms with E-state index in [-0.39, 0.29) is 0 Å². The number of nitrogens with zero attached hydrogens (tertiary/aromatic N) is 4. The molecule has 0 saturated carbocycles. The van der Waals surface area contributed by atoms with Crippen molar-refractivity contribution in [3.05, 3.63) is 47.4 Å². The van der Waals surface area contributed by atoms with E-state index in [9.17, 15) is 0 Å². The van der Waals surface area contributed by atoms with Crippen molar-refractivity contribution in [2.45, 2.75) is 19.8 Å². The number of aryl methyl sites for hydroxylation is 3. The molecule has 0 spiro atoms. The van der Waals surface area contributed by atoms with Gasteiger partial charge in [0.1, 0.15) is 5.82 Å². The summed E-state index contributed by atoms with van der Waals surface area (Å²) in [6.07, 6.45) is 7.91. The zero-order chi connectivity index (χ0) is 16.2. The quantitative estimate of drug-likeness (QED) is 0.875. The minimum atomic E-state index is 0.596. The average molecular weight is 310 g/mol. The maximum absolute atomic E-state index is 5.82. The van der Waals surface area contributed by atoms with E-state index in [0.29, 0.717) is 5.82 Å². The highest BCUT2D eigenvalue weighted by Gasteiger charge is 2.16. The van der Waals surface area contributed by atoms with Crippen LogP contribution in [0.1, 0.15) is 16.8 Å². The van der Waals surface area contributed by atoms with E-state index in [1.807, 2.05) is 25.4 Å². The smallest absolute Gasteiger partial charge is 0.223 e. The molecule has 3 rings (SSSR count). The largest absolute Gasteiger partial charge is 0.384 e. The zero-order valence-electron chi connectivity index (χ0n) is 13.9. The number of rotatable bonds is 4. The third-order valence-electron chi connectivity index (χ3n) is 4.16. The molecule has 0 aromatic carbocycles. The second-order valence-electron chi connectivity index (χ2n) is 6.25. The van der Waals surface area contributed by atoms with Gasteiger partial charge in [0.05, 0.1) is 19.3 Å². The molecule has 23 heavy (non-hydrogen) atoms. The minimum absolute atomic E-state index is 0.596. The molecule has 0 aliphatic carbocycles. The van der Waals surface area contributed by atoms with Crippen LogP contribution in [0.4, 0.5) is 11.5 Å². The van der Waals surface area contributed by atoms with E-state index in [1.165, 1.54) is 11.3 Å². The second kappa shape index (κ2) is 6.87. The standard InChI is InChI=1S/C18H24N5/c1-14-9-16(21-18(19)10-14)4-3-15-11-17(13-20-12-15)23-7-5-22(2)6-8-23/h7,9-13H,3-6,8H2,1-2H3,(H2,19,21)/q+1. The minimum Gasteiger partial charge on any atom is -0.384 e. The van der Waals surface area contributed by atoms with Gasteiger partial charge in [-0.2, -0.15) is 4.58 Å². The number of hydrogen-bond acceptors (Lipinski definition) is 4. The predicted octanol–water partition coefficient (Wildman–Crippen LogP) is 1.81. The van der Waals surface area contributed by atoms with Crippen LogP contribution < -0.4 is 5.73 Å². The lowest BCUT2D eigenvalue weighted by Gasteiger charge is -2.17. The van der Waals surface area contributed by atoms with Crippen LogP contribution >= 0.6 is 0 Å². The first-order valence-corrected chi connectivity index (χ1v) is 8.05. The molecule has 0 bridgehead atoms. The molecule has 120 valence electrons. The third-order valence-corrected chi connectivity index (χ3v) is 4.16. The first-order chi connectivity index (χ1) is 11.1. The summed E-state index contributed by atoms with van der Waals surface area (Å²) >= 11 is 0. The molecule has 0 saturated heterocycles. The molecule has 3 heterocycles. The van der Waals surface area contributed by atoms with Crippen LogP contribution in [0.5, 0.6) is 0 Å². The third kappa shape index (κ3) is 4.13. The van der Waals surface area contributed by atoms with E-state index in [2.05, 4.69) is 44.8 Å². The number of nitrogens with two attached hydrogens (primary N) is 1. The number of anilines is 1. The van der Waals surface area contributed by atoms with Crippen molar-refractivity contribution in [1.29, 1.82) is 0 Å². The first kappa shape index (κ1) is 15.6. The molecule has 1 aliphatic rings. The SMILES string of the molecule is Cc1cc(N)nc(CCc2cncc([N+]3=CCN(C)CC3)c2)c1. The Bertz CT molecular complexity index is 703. The Labute approximate surface area is 137 Å². The molecular weight excluding hydrogens is 286 g/mol. The van der Waals surface area contributed by atoms with E-state index >= 15 is 0 Å². The molecule has 1 aliphatic heterocycles. The summed E-state index contributed by atoms with van der Waals surface area (Å²) in [6.45, 7) is 5.12. The van der Waals surface area contributed by atoms with Gasteiger partial charge in [-0.3, -0.25) is 9.88 Å². The van der Waals surface area contributed by atoms with Gasteiger partial charge in [0.2, 0.25) is 5.69 Å². The molecule has 0 fully saturated rings. The number of likely N-dealkylation sites (N-methyl/N-ethyl adjacent to an activating group) is 1. The Morgan fingerprint density at radius 1 is 1.22 bits per heavy atom. The van der Waals surface area contributed by atoms with Gasteiger partial charge < -0.3 is 5.73 Å². The summed E-state index contributed by atoms with van der Waals surface area (Å²) in [4.78, 5) is 11.1. The summed E-state index contributed by atoms with van der Waals surface area (Å²) in [7, 11) is 2.14. The first-order valence-electron chi connectivity index (χ1n) is 8.05. The van der Waals surface area contributed by atoms with Crippen LogP contribution in [-0.2, 0) is 12.8 Å². The van der Waals surface area contributed by atoms with Crippen molar-refractivity contribution in [3.8, 4) is 0 Å². The molecule has 0 unspecified atom stereocenters. The van der Waals surface area contributed by atoms with Gasteiger partial charge in [-0.1, -0.05) is 0 Å². The Morgan fingerprint density at radius 3 is 2.83 bits per heavy atom. The van der Waals surface area contributed by atoms with Crippen LogP contribution in [0.3, 0.4) is 0 Å². The maximum Gasteiger partial charge on any atom is 0.223 e. The Balaban J connectivity index is 1.70. The van der Waals surface area contributed by atoms with Crippen molar-refractivity contribution < 1.29 is 4.58 Å². The summed E-state index contributed by atoms with van der Waals surface area (Å²) in [5.74, 6) is 0.596. The lowest BCUT2D eigenvalue weighted by molar-refractivity contribution is -0.443. The van der Waals surface area contributed by atoms with Crippen LogP contribution in [0.15, 0.2) is 30.6 Å². The molecule has 2 N–H and O–H groups in total. The Hall–Kier alpha value is -2.27. The summed E-state index contributed by atoms with van der Waals surface area (Å²) in [5.41, 5.74) is 10.4. The van der Waals surface area contributed by atoms with Crippen LogP contribution in [0, 0.1) is 6.92 Å².